The Morgan fingerprint density at radius 2 is 1.96 bits per heavy atom. The van der Waals surface area contributed by atoms with Crippen LogP contribution in [0.3, 0.4) is 0 Å². The standard InChI is InChI=1S/C18H24N2O4S/c1-9(2)19-15(21)14-18(3,4)25-17-10-7-8-11(23-5)13(24-6)12(10)16(22)20(14)17/h7-9,14,17H,1-6H3,(H,19,21)/t14-,17-/m1/s1. The summed E-state index contributed by atoms with van der Waals surface area (Å²) < 4.78 is 10.4. The minimum Gasteiger partial charge on any atom is -0.493 e. The molecule has 1 aromatic carbocycles. The molecule has 2 aliphatic rings. The third kappa shape index (κ3) is 2.65. The second kappa shape index (κ2) is 6.12. The fourth-order valence-electron chi connectivity index (χ4n) is 3.62. The van der Waals surface area contributed by atoms with Crippen LogP contribution in [0.4, 0.5) is 0 Å². The summed E-state index contributed by atoms with van der Waals surface area (Å²) >= 11 is 1.63. The number of carbonyl (C=O) groups is 2. The lowest BCUT2D eigenvalue weighted by atomic mass is 10.0. The number of amides is 2. The molecule has 0 saturated carbocycles. The molecule has 0 unspecified atom stereocenters. The molecule has 1 aromatic rings. The van der Waals surface area contributed by atoms with E-state index in [1.807, 2.05) is 39.8 Å². The van der Waals surface area contributed by atoms with Crippen molar-refractivity contribution in [2.24, 2.45) is 0 Å². The van der Waals surface area contributed by atoms with Crippen molar-refractivity contribution >= 4 is 23.6 Å². The van der Waals surface area contributed by atoms with E-state index in [1.54, 1.807) is 23.8 Å². The number of hydrogen-bond acceptors (Lipinski definition) is 5. The van der Waals surface area contributed by atoms with E-state index >= 15 is 0 Å². The highest BCUT2D eigenvalue weighted by Gasteiger charge is 2.58. The highest BCUT2D eigenvalue weighted by Crippen LogP contribution is 2.58. The molecule has 3 rings (SSSR count). The predicted molar refractivity (Wildman–Crippen MR) is 97.2 cm³/mol. The number of ether oxygens (including phenoxy) is 2. The Kier molecular flexibility index (Phi) is 4.39. The summed E-state index contributed by atoms with van der Waals surface area (Å²) in [6.45, 7) is 7.85. The molecular weight excluding hydrogens is 340 g/mol. The van der Waals surface area contributed by atoms with E-state index in [-0.39, 0.29) is 28.0 Å². The Morgan fingerprint density at radius 3 is 2.52 bits per heavy atom. The first-order valence-corrected chi connectivity index (χ1v) is 9.16. The molecule has 1 N–H and O–H groups in total. The lowest BCUT2D eigenvalue weighted by molar-refractivity contribution is -0.126. The fourth-order valence-corrected chi connectivity index (χ4v) is 5.20. The average molecular weight is 364 g/mol. The molecule has 25 heavy (non-hydrogen) atoms. The smallest absolute Gasteiger partial charge is 0.260 e. The van der Waals surface area contributed by atoms with Gasteiger partial charge >= 0.3 is 0 Å². The van der Waals surface area contributed by atoms with Crippen molar-refractivity contribution in [2.75, 3.05) is 14.2 Å². The van der Waals surface area contributed by atoms with Gasteiger partial charge in [-0.2, -0.15) is 0 Å². The first-order valence-electron chi connectivity index (χ1n) is 8.28. The van der Waals surface area contributed by atoms with Crippen LogP contribution in [0.1, 0.15) is 49.0 Å². The summed E-state index contributed by atoms with van der Waals surface area (Å²) in [5.41, 5.74) is 1.37. The second-order valence-corrected chi connectivity index (χ2v) is 8.85. The van der Waals surface area contributed by atoms with Gasteiger partial charge in [0.15, 0.2) is 11.5 Å². The van der Waals surface area contributed by atoms with E-state index in [2.05, 4.69) is 5.32 Å². The number of nitrogens with one attached hydrogen (secondary N) is 1. The van der Waals surface area contributed by atoms with Gasteiger partial charge in [0, 0.05) is 16.4 Å². The summed E-state index contributed by atoms with van der Waals surface area (Å²) in [4.78, 5) is 27.7. The van der Waals surface area contributed by atoms with E-state index in [0.717, 1.165) is 5.56 Å². The Labute approximate surface area is 152 Å². The Bertz CT molecular complexity index is 732. The molecule has 0 aliphatic carbocycles. The van der Waals surface area contributed by atoms with Crippen molar-refractivity contribution in [3.63, 3.8) is 0 Å². The number of nitrogens with zero attached hydrogens (tertiary/aromatic N) is 1. The molecule has 136 valence electrons. The van der Waals surface area contributed by atoms with Gasteiger partial charge in [0.2, 0.25) is 5.91 Å². The maximum Gasteiger partial charge on any atom is 0.260 e. The average Bonchev–Trinajstić information content (AvgIpc) is 2.96. The summed E-state index contributed by atoms with van der Waals surface area (Å²) in [6.07, 6.45) is 0. The monoisotopic (exact) mass is 364 g/mol. The quantitative estimate of drug-likeness (QED) is 0.889. The maximum absolute atomic E-state index is 13.2. The first-order chi connectivity index (χ1) is 11.7. The van der Waals surface area contributed by atoms with Gasteiger partial charge in [-0.15, -0.1) is 11.8 Å². The molecule has 2 amide bonds. The molecule has 2 atom stereocenters. The molecule has 2 heterocycles. The van der Waals surface area contributed by atoms with Gasteiger partial charge in [0.05, 0.1) is 19.8 Å². The van der Waals surface area contributed by atoms with Crippen molar-refractivity contribution in [3.8, 4) is 11.5 Å². The number of fused-ring (bicyclic) bond motifs is 3. The topological polar surface area (TPSA) is 67.9 Å². The van der Waals surface area contributed by atoms with Gasteiger partial charge in [0.25, 0.3) is 5.91 Å². The van der Waals surface area contributed by atoms with E-state index in [1.165, 1.54) is 7.11 Å². The number of carbonyl (C=O) groups excluding carboxylic acids is 2. The lowest BCUT2D eigenvalue weighted by Crippen LogP contribution is -2.53. The lowest BCUT2D eigenvalue weighted by Gasteiger charge is -2.30. The van der Waals surface area contributed by atoms with Crippen LogP contribution in [0, 0.1) is 0 Å². The van der Waals surface area contributed by atoms with Gasteiger partial charge in [-0.1, -0.05) is 6.07 Å². The third-order valence-electron chi connectivity index (χ3n) is 4.58. The summed E-state index contributed by atoms with van der Waals surface area (Å²) in [7, 11) is 3.07. The van der Waals surface area contributed by atoms with Gasteiger partial charge in [-0.3, -0.25) is 9.59 Å². The van der Waals surface area contributed by atoms with Crippen LogP contribution in [0.25, 0.3) is 0 Å². The predicted octanol–water partition coefficient (Wildman–Crippen LogP) is 2.58. The van der Waals surface area contributed by atoms with Crippen LogP contribution in [-0.2, 0) is 4.79 Å². The van der Waals surface area contributed by atoms with E-state index in [4.69, 9.17) is 9.47 Å². The zero-order valence-electron chi connectivity index (χ0n) is 15.4. The van der Waals surface area contributed by atoms with Crippen LogP contribution >= 0.6 is 11.8 Å². The molecule has 7 heteroatoms. The Balaban J connectivity index is 2.08. The van der Waals surface area contributed by atoms with Gasteiger partial charge in [-0.05, 0) is 33.8 Å². The van der Waals surface area contributed by atoms with Crippen LogP contribution in [0.2, 0.25) is 0 Å². The number of rotatable bonds is 4. The van der Waals surface area contributed by atoms with Crippen molar-refractivity contribution in [3.05, 3.63) is 23.3 Å². The van der Waals surface area contributed by atoms with E-state index in [9.17, 15) is 9.59 Å². The van der Waals surface area contributed by atoms with Gasteiger partial charge in [0.1, 0.15) is 11.4 Å². The van der Waals surface area contributed by atoms with Gasteiger partial charge in [-0.25, -0.2) is 0 Å². The van der Waals surface area contributed by atoms with Crippen LogP contribution in [0.15, 0.2) is 12.1 Å². The van der Waals surface area contributed by atoms with E-state index < -0.39 is 6.04 Å². The molecule has 2 aliphatic heterocycles. The number of benzene rings is 1. The minimum atomic E-state index is -0.541. The zero-order valence-corrected chi connectivity index (χ0v) is 16.2. The molecule has 0 bridgehead atoms. The van der Waals surface area contributed by atoms with E-state index in [0.29, 0.717) is 17.1 Å². The largest absolute Gasteiger partial charge is 0.493 e. The van der Waals surface area contributed by atoms with Crippen LogP contribution < -0.4 is 14.8 Å². The molecule has 0 spiro atoms. The molecule has 6 nitrogen and oxygen atoms in total. The fraction of sp³-hybridized carbons (Fsp3) is 0.556. The molecule has 1 fully saturated rings. The SMILES string of the molecule is COc1ccc2c(c1OC)C(=O)N1[C@@H]2SC(C)(C)[C@H]1C(=O)NC(C)C. The summed E-state index contributed by atoms with van der Waals surface area (Å²) in [5.74, 6) is 0.642. The normalized spacial score (nSPS) is 23.5. The summed E-state index contributed by atoms with van der Waals surface area (Å²) in [6, 6.07) is 3.18. The molecule has 1 saturated heterocycles. The highest BCUT2D eigenvalue weighted by molar-refractivity contribution is 8.01. The second-order valence-electron chi connectivity index (χ2n) is 7.12. The van der Waals surface area contributed by atoms with Crippen molar-refractivity contribution in [1.29, 1.82) is 0 Å². The Hall–Kier alpha value is -1.89. The highest BCUT2D eigenvalue weighted by atomic mass is 32.2. The third-order valence-corrected chi connectivity index (χ3v) is 6.11. The zero-order chi connectivity index (χ0) is 18.5. The number of thioether (sulfide) groups is 1. The van der Waals surface area contributed by atoms with Crippen molar-refractivity contribution in [1.82, 2.24) is 10.2 Å². The van der Waals surface area contributed by atoms with Gasteiger partial charge < -0.3 is 19.7 Å². The number of hydrogen-bond donors (Lipinski definition) is 1. The number of methoxy groups -OCH3 is 2. The van der Waals surface area contributed by atoms with Crippen molar-refractivity contribution < 1.29 is 19.1 Å². The minimum absolute atomic E-state index is 0.0158. The molecule has 0 aromatic heterocycles. The molecule has 0 radical (unpaired) electrons. The first kappa shape index (κ1) is 17.9. The van der Waals surface area contributed by atoms with Crippen LogP contribution in [-0.4, -0.2) is 47.8 Å². The van der Waals surface area contributed by atoms with Crippen molar-refractivity contribution in [2.45, 2.75) is 49.9 Å². The summed E-state index contributed by atoms with van der Waals surface area (Å²) in [5, 5.41) is 2.76. The Morgan fingerprint density at radius 1 is 1.28 bits per heavy atom. The van der Waals surface area contributed by atoms with Crippen LogP contribution in [0.5, 0.6) is 11.5 Å². The molecular formula is C18H24N2O4S. The maximum atomic E-state index is 13.2.